The summed E-state index contributed by atoms with van der Waals surface area (Å²) in [6.07, 6.45) is 7.52. The Hall–Kier alpha value is -1.13. The zero-order valence-corrected chi connectivity index (χ0v) is 18.3. The molecule has 0 heterocycles. The van der Waals surface area contributed by atoms with E-state index in [1.807, 2.05) is 6.07 Å². The molecule has 1 atom stereocenters. The molecule has 2 aliphatic carbocycles. The molecule has 0 N–H and O–H groups in total. The van der Waals surface area contributed by atoms with E-state index < -0.39 is 8.32 Å². The minimum absolute atomic E-state index is 0.0988. The van der Waals surface area contributed by atoms with E-state index in [1.54, 1.807) is 0 Å². The van der Waals surface area contributed by atoms with E-state index >= 15 is 0 Å². The summed E-state index contributed by atoms with van der Waals surface area (Å²) in [4.78, 5) is 12.1. The fourth-order valence-corrected chi connectivity index (χ4v) is 5.79. The van der Waals surface area contributed by atoms with Gasteiger partial charge in [0.2, 0.25) is 0 Å². The Labute approximate surface area is 159 Å². The van der Waals surface area contributed by atoms with Crippen LogP contribution in [0.5, 0.6) is 0 Å². The number of carbonyl (C=O) groups excluding carboxylic acids is 1. The maximum absolute atomic E-state index is 12.1. The number of rotatable bonds is 3. The molecule has 0 amide bonds. The Morgan fingerprint density at radius 1 is 1.15 bits per heavy atom. The molecule has 1 aromatic carbocycles. The SMILES string of the molecule is COC(=O)c1ccc2c(c1)C(O[Si](C)(C)C(C)(C)C)CCC21CCCC1. The highest BCUT2D eigenvalue weighted by atomic mass is 28.4. The third-order valence-electron chi connectivity index (χ3n) is 7.08. The third-order valence-corrected chi connectivity index (χ3v) is 11.6. The van der Waals surface area contributed by atoms with Crippen molar-refractivity contribution in [3.8, 4) is 0 Å². The lowest BCUT2D eigenvalue weighted by atomic mass is 9.68. The number of esters is 1. The van der Waals surface area contributed by atoms with Crippen molar-refractivity contribution >= 4 is 14.3 Å². The van der Waals surface area contributed by atoms with Gasteiger partial charge in [0.15, 0.2) is 8.32 Å². The van der Waals surface area contributed by atoms with Gasteiger partial charge in [-0.05, 0) is 72.5 Å². The number of methoxy groups -OCH3 is 1. The molecule has 4 heteroatoms. The largest absolute Gasteiger partial charge is 0.465 e. The summed E-state index contributed by atoms with van der Waals surface area (Å²) in [5, 5.41) is 0.176. The molecule has 1 saturated carbocycles. The van der Waals surface area contributed by atoms with Crippen LogP contribution in [0, 0.1) is 0 Å². The van der Waals surface area contributed by atoms with E-state index in [0.717, 1.165) is 6.42 Å². The third kappa shape index (κ3) is 3.38. The van der Waals surface area contributed by atoms with Crippen molar-refractivity contribution in [3.63, 3.8) is 0 Å². The lowest BCUT2D eigenvalue weighted by Gasteiger charge is -2.45. The highest BCUT2D eigenvalue weighted by Gasteiger charge is 2.45. The first kappa shape index (κ1) is 19.6. The minimum atomic E-state index is -1.88. The van der Waals surface area contributed by atoms with Crippen molar-refractivity contribution in [2.24, 2.45) is 0 Å². The average molecular weight is 375 g/mol. The zero-order valence-electron chi connectivity index (χ0n) is 17.3. The maximum atomic E-state index is 12.1. The first-order valence-electron chi connectivity index (χ1n) is 10.0. The first-order valence-corrected chi connectivity index (χ1v) is 12.9. The fourth-order valence-electron chi connectivity index (χ4n) is 4.48. The van der Waals surface area contributed by atoms with Gasteiger partial charge < -0.3 is 9.16 Å². The van der Waals surface area contributed by atoms with Crippen molar-refractivity contribution in [1.29, 1.82) is 0 Å². The number of fused-ring (bicyclic) bond motifs is 2. The van der Waals surface area contributed by atoms with Crippen molar-refractivity contribution in [2.45, 2.75) is 88.9 Å². The van der Waals surface area contributed by atoms with Crippen LogP contribution in [0.25, 0.3) is 0 Å². The Balaban J connectivity index is 2.02. The van der Waals surface area contributed by atoms with Crippen LogP contribution in [0.2, 0.25) is 18.1 Å². The molecular formula is C22H34O3Si. The Morgan fingerprint density at radius 2 is 1.81 bits per heavy atom. The van der Waals surface area contributed by atoms with Gasteiger partial charge in [-0.3, -0.25) is 0 Å². The van der Waals surface area contributed by atoms with Gasteiger partial charge in [0.25, 0.3) is 0 Å². The predicted octanol–water partition coefficient (Wildman–Crippen LogP) is 6.14. The normalized spacial score (nSPS) is 22.3. The van der Waals surface area contributed by atoms with Crippen LogP contribution in [-0.4, -0.2) is 21.4 Å². The van der Waals surface area contributed by atoms with Gasteiger partial charge in [0.05, 0.1) is 18.8 Å². The molecule has 26 heavy (non-hydrogen) atoms. The van der Waals surface area contributed by atoms with Crippen LogP contribution in [0.1, 0.15) is 86.9 Å². The van der Waals surface area contributed by atoms with Gasteiger partial charge in [-0.25, -0.2) is 4.79 Å². The maximum Gasteiger partial charge on any atom is 0.337 e. The van der Waals surface area contributed by atoms with Crippen LogP contribution in [0.4, 0.5) is 0 Å². The van der Waals surface area contributed by atoms with Gasteiger partial charge in [0.1, 0.15) is 0 Å². The van der Waals surface area contributed by atoms with E-state index in [4.69, 9.17) is 9.16 Å². The number of carbonyl (C=O) groups is 1. The highest BCUT2D eigenvalue weighted by Crippen LogP contribution is 2.53. The second-order valence-corrected chi connectivity index (χ2v) is 14.4. The Bertz CT molecular complexity index is 681. The molecule has 2 aliphatic rings. The van der Waals surface area contributed by atoms with E-state index in [1.165, 1.54) is 50.3 Å². The van der Waals surface area contributed by atoms with Crippen LogP contribution in [-0.2, 0) is 14.6 Å². The molecule has 1 unspecified atom stereocenters. The van der Waals surface area contributed by atoms with Gasteiger partial charge in [-0.2, -0.15) is 0 Å². The first-order chi connectivity index (χ1) is 12.1. The number of hydrogen-bond donors (Lipinski definition) is 0. The molecule has 3 rings (SSSR count). The van der Waals surface area contributed by atoms with Gasteiger partial charge in [0, 0.05) is 0 Å². The highest BCUT2D eigenvalue weighted by molar-refractivity contribution is 6.74. The molecule has 0 aromatic heterocycles. The Morgan fingerprint density at radius 3 is 2.38 bits per heavy atom. The standard InChI is InChI=1S/C22H34O3Si/c1-21(2,3)26(5,6)25-19-11-14-22(12-7-8-13-22)18-10-9-16(15-17(18)19)20(23)24-4/h9-10,15,19H,7-8,11-14H2,1-6H3. The summed E-state index contributed by atoms with van der Waals surface area (Å²) in [6.45, 7) is 11.5. The van der Waals surface area contributed by atoms with Crippen molar-refractivity contribution in [1.82, 2.24) is 0 Å². The summed E-state index contributed by atoms with van der Waals surface area (Å²) >= 11 is 0. The second kappa shape index (κ2) is 6.79. The average Bonchev–Trinajstić information content (AvgIpc) is 3.05. The summed E-state index contributed by atoms with van der Waals surface area (Å²) in [5.41, 5.74) is 3.62. The molecule has 0 radical (unpaired) electrons. The summed E-state index contributed by atoms with van der Waals surface area (Å²) in [6, 6.07) is 6.19. The molecular weight excluding hydrogens is 340 g/mol. The lowest BCUT2D eigenvalue weighted by Crippen LogP contribution is -2.43. The smallest absolute Gasteiger partial charge is 0.337 e. The number of hydrogen-bond acceptors (Lipinski definition) is 3. The Kier molecular flexibility index (Phi) is 5.13. The van der Waals surface area contributed by atoms with Crippen molar-refractivity contribution in [3.05, 3.63) is 34.9 Å². The van der Waals surface area contributed by atoms with Crippen LogP contribution >= 0.6 is 0 Å². The molecule has 3 nitrogen and oxygen atoms in total. The molecule has 1 spiro atoms. The van der Waals surface area contributed by atoms with Crippen LogP contribution in [0.15, 0.2) is 18.2 Å². The van der Waals surface area contributed by atoms with Crippen molar-refractivity contribution in [2.75, 3.05) is 7.11 Å². The minimum Gasteiger partial charge on any atom is -0.465 e. The van der Waals surface area contributed by atoms with E-state index in [-0.39, 0.29) is 17.1 Å². The second-order valence-electron chi connectivity index (χ2n) is 9.69. The van der Waals surface area contributed by atoms with E-state index in [0.29, 0.717) is 11.0 Å². The fraction of sp³-hybridized carbons (Fsp3) is 0.682. The van der Waals surface area contributed by atoms with Crippen LogP contribution in [0.3, 0.4) is 0 Å². The van der Waals surface area contributed by atoms with Gasteiger partial charge >= 0.3 is 5.97 Å². The monoisotopic (exact) mass is 374 g/mol. The molecule has 1 fully saturated rings. The molecule has 0 saturated heterocycles. The topological polar surface area (TPSA) is 35.5 Å². The van der Waals surface area contributed by atoms with Crippen LogP contribution < -0.4 is 0 Å². The van der Waals surface area contributed by atoms with E-state index in [9.17, 15) is 4.79 Å². The molecule has 1 aromatic rings. The molecule has 0 bridgehead atoms. The van der Waals surface area contributed by atoms with Gasteiger partial charge in [-0.15, -0.1) is 0 Å². The summed E-state index contributed by atoms with van der Waals surface area (Å²) in [7, 11) is -0.433. The summed E-state index contributed by atoms with van der Waals surface area (Å²) in [5.74, 6) is -0.259. The quantitative estimate of drug-likeness (QED) is 0.471. The van der Waals surface area contributed by atoms with E-state index in [2.05, 4.69) is 46.0 Å². The number of benzene rings is 1. The van der Waals surface area contributed by atoms with Crippen molar-refractivity contribution < 1.29 is 14.0 Å². The predicted molar refractivity (Wildman–Crippen MR) is 108 cm³/mol. The molecule has 0 aliphatic heterocycles. The zero-order chi connectivity index (χ0) is 19.2. The molecule has 144 valence electrons. The number of ether oxygens (including phenoxy) is 1. The lowest BCUT2D eigenvalue weighted by molar-refractivity contribution is 0.0600. The summed E-state index contributed by atoms with van der Waals surface area (Å²) < 4.78 is 11.8. The van der Waals surface area contributed by atoms with Gasteiger partial charge in [-0.1, -0.05) is 39.7 Å².